The van der Waals surface area contributed by atoms with Crippen molar-refractivity contribution in [1.82, 2.24) is 9.55 Å². The molecule has 0 N–H and O–H groups in total. The quantitative estimate of drug-likeness (QED) is 0.536. The van der Waals surface area contributed by atoms with Gasteiger partial charge in [0.25, 0.3) is 0 Å². The molecular formula is C18H13ClN2O3S. The summed E-state index contributed by atoms with van der Waals surface area (Å²) in [5.74, 6) is 0.593. The summed E-state index contributed by atoms with van der Waals surface area (Å²) in [5.41, 5.74) is 2.11. The first-order valence-electron chi connectivity index (χ1n) is 7.46. The van der Waals surface area contributed by atoms with E-state index in [1.165, 1.54) is 6.26 Å². The van der Waals surface area contributed by atoms with E-state index in [0.717, 1.165) is 16.7 Å². The van der Waals surface area contributed by atoms with Crippen LogP contribution in [0.1, 0.15) is 0 Å². The van der Waals surface area contributed by atoms with Crippen molar-refractivity contribution in [3.8, 4) is 17.1 Å². The van der Waals surface area contributed by atoms with Crippen LogP contribution in [0.4, 0.5) is 0 Å². The number of fused-ring (bicyclic) bond motifs is 1. The van der Waals surface area contributed by atoms with Crippen molar-refractivity contribution in [2.24, 2.45) is 0 Å². The molecule has 7 heteroatoms. The van der Waals surface area contributed by atoms with Gasteiger partial charge in [-0.2, -0.15) is 0 Å². The summed E-state index contributed by atoms with van der Waals surface area (Å²) in [5, 5.41) is 1.28. The minimum absolute atomic E-state index is 0.257. The van der Waals surface area contributed by atoms with Gasteiger partial charge in [0.1, 0.15) is 17.6 Å². The third-order valence-electron chi connectivity index (χ3n) is 3.92. The van der Waals surface area contributed by atoms with Gasteiger partial charge < -0.3 is 4.42 Å². The van der Waals surface area contributed by atoms with Gasteiger partial charge in [0.05, 0.1) is 4.90 Å². The fourth-order valence-corrected chi connectivity index (χ4v) is 3.55. The Morgan fingerprint density at radius 2 is 1.80 bits per heavy atom. The van der Waals surface area contributed by atoms with Crippen LogP contribution in [0.2, 0.25) is 5.15 Å². The number of para-hydroxylation sites is 1. The minimum atomic E-state index is -3.25. The SMILES string of the molecule is CS(=O)(=O)c1ccc(-n2cnc(Cl)c2-c2cc3ccccc3o2)cc1. The molecule has 0 saturated carbocycles. The first-order valence-corrected chi connectivity index (χ1v) is 9.73. The van der Waals surface area contributed by atoms with E-state index in [1.54, 1.807) is 35.2 Å². The molecule has 0 spiro atoms. The number of rotatable bonds is 3. The van der Waals surface area contributed by atoms with Crippen LogP contribution in [-0.4, -0.2) is 24.2 Å². The molecule has 4 rings (SSSR count). The fraction of sp³-hybridized carbons (Fsp3) is 0.0556. The van der Waals surface area contributed by atoms with Crippen molar-refractivity contribution in [2.45, 2.75) is 4.90 Å². The molecule has 0 fully saturated rings. The lowest BCUT2D eigenvalue weighted by atomic mass is 10.2. The molecule has 0 aliphatic carbocycles. The predicted octanol–water partition coefficient (Wildman–Crippen LogP) is 4.34. The van der Waals surface area contributed by atoms with Crippen LogP contribution in [0.3, 0.4) is 0 Å². The number of sulfone groups is 1. The van der Waals surface area contributed by atoms with E-state index in [-0.39, 0.29) is 4.90 Å². The van der Waals surface area contributed by atoms with Crippen LogP contribution >= 0.6 is 11.6 Å². The van der Waals surface area contributed by atoms with Gasteiger partial charge in [-0.3, -0.25) is 4.57 Å². The number of furan rings is 1. The molecule has 126 valence electrons. The molecule has 0 unspecified atom stereocenters. The Bertz CT molecular complexity index is 1140. The zero-order valence-electron chi connectivity index (χ0n) is 13.2. The molecule has 0 aliphatic heterocycles. The number of hydrogen-bond acceptors (Lipinski definition) is 4. The summed E-state index contributed by atoms with van der Waals surface area (Å²) < 4.78 is 30.9. The van der Waals surface area contributed by atoms with E-state index >= 15 is 0 Å². The van der Waals surface area contributed by atoms with Gasteiger partial charge in [-0.25, -0.2) is 13.4 Å². The maximum atomic E-state index is 11.6. The van der Waals surface area contributed by atoms with Gasteiger partial charge >= 0.3 is 0 Å². The van der Waals surface area contributed by atoms with E-state index in [1.807, 2.05) is 30.3 Å². The van der Waals surface area contributed by atoms with Crippen LogP contribution in [0.5, 0.6) is 0 Å². The third-order valence-corrected chi connectivity index (χ3v) is 5.33. The molecule has 2 heterocycles. The van der Waals surface area contributed by atoms with Gasteiger partial charge in [0.15, 0.2) is 20.8 Å². The first-order chi connectivity index (χ1) is 11.9. The molecule has 0 atom stereocenters. The number of halogens is 1. The molecule has 25 heavy (non-hydrogen) atoms. The van der Waals surface area contributed by atoms with Crippen LogP contribution in [-0.2, 0) is 9.84 Å². The minimum Gasteiger partial charge on any atom is -0.454 e. The highest BCUT2D eigenvalue weighted by Crippen LogP contribution is 2.33. The molecule has 0 saturated heterocycles. The number of hydrogen-bond donors (Lipinski definition) is 0. The second-order valence-electron chi connectivity index (χ2n) is 5.67. The highest BCUT2D eigenvalue weighted by Gasteiger charge is 2.17. The lowest BCUT2D eigenvalue weighted by Gasteiger charge is -2.07. The molecule has 0 aliphatic rings. The van der Waals surface area contributed by atoms with Gasteiger partial charge in [-0.1, -0.05) is 29.8 Å². The Hall–Kier alpha value is -2.57. The number of benzene rings is 2. The van der Waals surface area contributed by atoms with Crippen LogP contribution < -0.4 is 0 Å². The molecule has 2 aromatic carbocycles. The standard InChI is InChI=1S/C18H13ClN2O3S/c1-25(22,23)14-8-6-13(7-9-14)21-11-20-18(19)17(21)16-10-12-4-2-3-5-15(12)24-16/h2-11H,1H3. The second-order valence-corrected chi connectivity index (χ2v) is 8.04. The summed E-state index contributed by atoms with van der Waals surface area (Å²) in [6.45, 7) is 0. The van der Waals surface area contributed by atoms with E-state index in [2.05, 4.69) is 4.98 Å². The molecular weight excluding hydrogens is 360 g/mol. The van der Waals surface area contributed by atoms with Crippen molar-refractivity contribution < 1.29 is 12.8 Å². The highest BCUT2D eigenvalue weighted by molar-refractivity contribution is 7.90. The average molecular weight is 373 g/mol. The topological polar surface area (TPSA) is 65.1 Å². The first kappa shape index (κ1) is 15.9. The predicted molar refractivity (Wildman–Crippen MR) is 96.9 cm³/mol. The van der Waals surface area contributed by atoms with Gasteiger partial charge in [0.2, 0.25) is 0 Å². The van der Waals surface area contributed by atoms with Crippen molar-refractivity contribution in [3.63, 3.8) is 0 Å². The average Bonchev–Trinajstić information content (AvgIpc) is 3.17. The van der Waals surface area contributed by atoms with E-state index in [4.69, 9.17) is 16.0 Å². The summed E-state index contributed by atoms with van der Waals surface area (Å²) >= 11 is 6.27. The zero-order valence-corrected chi connectivity index (χ0v) is 14.8. The second kappa shape index (κ2) is 5.75. The lowest BCUT2D eigenvalue weighted by molar-refractivity contribution is 0.602. The number of nitrogens with zero attached hydrogens (tertiary/aromatic N) is 2. The van der Waals surface area contributed by atoms with Crippen molar-refractivity contribution in [2.75, 3.05) is 6.26 Å². The fourth-order valence-electron chi connectivity index (χ4n) is 2.70. The summed E-state index contributed by atoms with van der Waals surface area (Å²) in [7, 11) is -3.25. The van der Waals surface area contributed by atoms with E-state index < -0.39 is 9.84 Å². The summed E-state index contributed by atoms with van der Waals surface area (Å²) in [4.78, 5) is 4.42. The largest absolute Gasteiger partial charge is 0.454 e. The smallest absolute Gasteiger partial charge is 0.175 e. The van der Waals surface area contributed by atoms with Crippen LogP contribution in [0.15, 0.2) is 70.2 Å². The Morgan fingerprint density at radius 3 is 2.48 bits per heavy atom. The van der Waals surface area contributed by atoms with Crippen LogP contribution in [0, 0.1) is 0 Å². The molecule has 2 aromatic heterocycles. The van der Waals surface area contributed by atoms with Crippen molar-refractivity contribution in [1.29, 1.82) is 0 Å². The van der Waals surface area contributed by atoms with E-state index in [9.17, 15) is 8.42 Å². The Morgan fingerprint density at radius 1 is 1.08 bits per heavy atom. The molecule has 0 radical (unpaired) electrons. The third kappa shape index (κ3) is 2.83. The monoisotopic (exact) mass is 372 g/mol. The molecule has 0 bridgehead atoms. The summed E-state index contributed by atoms with van der Waals surface area (Å²) in [6.07, 6.45) is 2.76. The van der Waals surface area contributed by atoms with E-state index in [0.29, 0.717) is 16.6 Å². The van der Waals surface area contributed by atoms with Crippen LogP contribution in [0.25, 0.3) is 28.1 Å². The highest BCUT2D eigenvalue weighted by atomic mass is 35.5. The normalized spacial score (nSPS) is 11.9. The lowest BCUT2D eigenvalue weighted by Crippen LogP contribution is -1.99. The number of aromatic nitrogens is 2. The molecule has 5 nitrogen and oxygen atoms in total. The van der Waals surface area contributed by atoms with Gasteiger partial charge in [-0.05, 0) is 36.4 Å². The Labute approximate surface area is 149 Å². The Balaban J connectivity index is 1.85. The summed E-state index contributed by atoms with van der Waals surface area (Å²) in [6, 6.07) is 16.1. The van der Waals surface area contributed by atoms with Crippen molar-refractivity contribution in [3.05, 3.63) is 66.1 Å². The maximum absolute atomic E-state index is 11.6. The van der Waals surface area contributed by atoms with Gasteiger partial charge in [0, 0.05) is 17.3 Å². The van der Waals surface area contributed by atoms with Crippen molar-refractivity contribution >= 4 is 32.4 Å². The molecule has 0 amide bonds. The maximum Gasteiger partial charge on any atom is 0.175 e. The molecule has 4 aromatic rings. The Kier molecular flexibility index (Phi) is 3.67. The number of imidazole rings is 1. The zero-order chi connectivity index (χ0) is 17.6. The van der Waals surface area contributed by atoms with Gasteiger partial charge in [-0.15, -0.1) is 0 Å².